The SMILES string of the molecule is O=C(O)c1ccc(NC2CCCCCCC2)cc1[N+](=O)[O-]. The van der Waals surface area contributed by atoms with Crippen LogP contribution in [0, 0.1) is 10.1 Å². The lowest BCUT2D eigenvalue weighted by Gasteiger charge is -2.22. The van der Waals surface area contributed by atoms with Crippen LogP contribution >= 0.6 is 0 Å². The first-order chi connectivity index (χ1) is 10.1. The van der Waals surface area contributed by atoms with Gasteiger partial charge in [0.05, 0.1) is 4.92 Å². The molecular weight excluding hydrogens is 272 g/mol. The van der Waals surface area contributed by atoms with Crippen molar-refractivity contribution >= 4 is 17.3 Å². The topological polar surface area (TPSA) is 92.5 Å². The molecule has 6 heteroatoms. The monoisotopic (exact) mass is 292 g/mol. The molecule has 2 rings (SSSR count). The van der Waals surface area contributed by atoms with Gasteiger partial charge in [-0.05, 0) is 25.0 Å². The molecule has 0 unspecified atom stereocenters. The van der Waals surface area contributed by atoms with E-state index in [0.717, 1.165) is 25.7 Å². The number of hydrogen-bond donors (Lipinski definition) is 2. The quantitative estimate of drug-likeness (QED) is 0.650. The molecule has 0 aromatic heterocycles. The number of nitro groups is 1. The normalized spacial score (nSPS) is 16.8. The number of benzene rings is 1. The number of nitro benzene ring substituents is 1. The molecular formula is C15H20N2O4. The van der Waals surface area contributed by atoms with Crippen LogP contribution in [0.15, 0.2) is 18.2 Å². The maximum absolute atomic E-state index is 11.0. The Morgan fingerprint density at radius 2 is 1.81 bits per heavy atom. The zero-order valence-electron chi connectivity index (χ0n) is 11.9. The summed E-state index contributed by atoms with van der Waals surface area (Å²) in [6.07, 6.45) is 8.17. The zero-order valence-corrected chi connectivity index (χ0v) is 11.9. The standard InChI is InChI=1S/C15H20N2O4/c18-15(19)13-9-8-12(10-14(13)17(20)21)16-11-6-4-2-1-3-5-7-11/h8-11,16H,1-7H2,(H,18,19). The van der Waals surface area contributed by atoms with Crippen LogP contribution in [0.2, 0.25) is 0 Å². The van der Waals surface area contributed by atoms with Crippen LogP contribution in [0.1, 0.15) is 55.3 Å². The van der Waals surface area contributed by atoms with E-state index in [1.807, 2.05) is 0 Å². The number of carbonyl (C=O) groups is 1. The molecule has 0 atom stereocenters. The van der Waals surface area contributed by atoms with Gasteiger partial charge in [0.2, 0.25) is 0 Å². The van der Waals surface area contributed by atoms with Crippen LogP contribution in [0.5, 0.6) is 0 Å². The molecule has 1 aromatic carbocycles. The largest absolute Gasteiger partial charge is 0.477 e. The zero-order chi connectivity index (χ0) is 15.2. The maximum atomic E-state index is 11.0. The van der Waals surface area contributed by atoms with Gasteiger partial charge in [-0.15, -0.1) is 0 Å². The summed E-state index contributed by atoms with van der Waals surface area (Å²) < 4.78 is 0. The molecule has 21 heavy (non-hydrogen) atoms. The van der Waals surface area contributed by atoms with E-state index in [0.29, 0.717) is 11.7 Å². The summed E-state index contributed by atoms with van der Waals surface area (Å²) in [4.78, 5) is 21.3. The summed E-state index contributed by atoms with van der Waals surface area (Å²) in [5.41, 5.74) is -0.0150. The average Bonchev–Trinajstić information content (AvgIpc) is 2.41. The van der Waals surface area contributed by atoms with E-state index >= 15 is 0 Å². The first kappa shape index (κ1) is 15.3. The second kappa shape index (κ2) is 7.06. The van der Waals surface area contributed by atoms with Crippen LogP contribution in [0.4, 0.5) is 11.4 Å². The van der Waals surface area contributed by atoms with Gasteiger partial charge in [-0.2, -0.15) is 0 Å². The molecule has 0 saturated heterocycles. The number of aromatic carboxylic acids is 1. The molecule has 0 amide bonds. The van der Waals surface area contributed by atoms with Crippen molar-refractivity contribution in [1.29, 1.82) is 0 Å². The van der Waals surface area contributed by atoms with Crippen LogP contribution in [0.3, 0.4) is 0 Å². The minimum atomic E-state index is -1.28. The van der Waals surface area contributed by atoms with Gasteiger partial charge in [-0.1, -0.05) is 32.1 Å². The lowest BCUT2D eigenvalue weighted by atomic mass is 9.96. The Morgan fingerprint density at radius 3 is 2.38 bits per heavy atom. The van der Waals surface area contributed by atoms with Crippen molar-refractivity contribution < 1.29 is 14.8 Å². The highest BCUT2D eigenvalue weighted by molar-refractivity contribution is 5.93. The third-order valence-electron chi connectivity index (χ3n) is 3.90. The van der Waals surface area contributed by atoms with Crippen LogP contribution in [-0.4, -0.2) is 22.0 Å². The third-order valence-corrected chi connectivity index (χ3v) is 3.90. The summed E-state index contributed by atoms with van der Waals surface area (Å²) in [7, 11) is 0. The Bertz CT molecular complexity index is 522. The molecule has 1 aromatic rings. The number of carboxylic acid groups (broad SMARTS) is 1. The van der Waals surface area contributed by atoms with E-state index in [9.17, 15) is 14.9 Å². The maximum Gasteiger partial charge on any atom is 0.342 e. The summed E-state index contributed by atoms with van der Waals surface area (Å²) in [5.74, 6) is -1.28. The Balaban J connectivity index is 2.14. The Hall–Kier alpha value is -2.11. The average molecular weight is 292 g/mol. The molecule has 6 nitrogen and oxygen atoms in total. The van der Waals surface area contributed by atoms with E-state index in [4.69, 9.17) is 5.11 Å². The molecule has 0 aliphatic heterocycles. The summed E-state index contributed by atoms with van der Waals surface area (Å²) in [6, 6.07) is 4.53. The summed E-state index contributed by atoms with van der Waals surface area (Å²) in [5, 5.41) is 23.3. The summed E-state index contributed by atoms with van der Waals surface area (Å²) >= 11 is 0. The van der Waals surface area contributed by atoms with Gasteiger partial charge in [0, 0.05) is 17.8 Å². The van der Waals surface area contributed by atoms with Gasteiger partial charge in [0.1, 0.15) is 5.56 Å². The molecule has 0 radical (unpaired) electrons. The fraction of sp³-hybridized carbons (Fsp3) is 0.533. The van der Waals surface area contributed by atoms with Gasteiger partial charge in [0.15, 0.2) is 0 Å². The van der Waals surface area contributed by atoms with Crippen LogP contribution in [0.25, 0.3) is 0 Å². The van der Waals surface area contributed by atoms with Crippen molar-refractivity contribution in [2.75, 3.05) is 5.32 Å². The second-order valence-corrected chi connectivity index (χ2v) is 5.48. The Labute approximate surface area is 123 Å². The Morgan fingerprint density at radius 1 is 1.19 bits per heavy atom. The Kier molecular flexibility index (Phi) is 5.14. The van der Waals surface area contributed by atoms with Gasteiger partial charge in [-0.3, -0.25) is 10.1 Å². The molecule has 1 saturated carbocycles. The molecule has 1 aliphatic carbocycles. The predicted octanol–water partition coefficient (Wildman–Crippen LogP) is 3.82. The van der Waals surface area contributed by atoms with Crippen molar-refractivity contribution in [3.8, 4) is 0 Å². The summed E-state index contributed by atoms with van der Waals surface area (Å²) in [6.45, 7) is 0. The van der Waals surface area contributed by atoms with Crippen molar-refractivity contribution in [3.05, 3.63) is 33.9 Å². The number of hydrogen-bond acceptors (Lipinski definition) is 4. The van der Waals surface area contributed by atoms with E-state index in [1.54, 1.807) is 6.07 Å². The molecule has 1 aliphatic rings. The lowest BCUT2D eigenvalue weighted by molar-refractivity contribution is -0.385. The van der Waals surface area contributed by atoms with Crippen LogP contribution < -0.4 is 5.32 Å². The highest BCUT2D eigenvalue weighted by Gasteiger charge is 2.21. The first-order valence-electron chi connectivity index (χ1n) is 7.36. The minimum absolute atomic E-state index is 0.275. The van der Waals surface area contributed by atoms with Crippen molar-refractivity contribution in [1.82, 2.24) is 0 Å². The van der Waals surface area contributed by atoms with Gasteiger partial charge in [0.25, 0.3) is 5.69 Å². The molecule has 1 fully saturated rings. The van der Waals surface area contributed by atoms with E-state index in [-0.39, 0.29) is 11.3 Å². The fourth-order valence-corrected chi connectivity index (χ4v) is 2.79. The molecule has 114 valence electrons. The highest BCUT2D eigenvalue weighted by Crippen LogP contribution is 2.26. The first-order valence-corrected chi connectivity index (χ1v) is 7.36. The van der Waals surface area contributed by atoms with E-state index < -0.39 is 10.9 Å². The van der Waals surface area contributed by atoms with Gasteiger partial charge >= 0.3 is 5.97 Å². The minimum Gasteiger partial charge on any atom is -0.477 e. The predicted molar refractivity (Wildman–Crippen MR) is 79.8 cm³/mol. The lowest BCUT2D eigenvalue weighted by Crippen LogP contribution is -2.20. The highest BCUT2D eigenvalue weighted by atomic mass is 16.6. The second-order valence-electron chi connectivity index (χ2n) is 5.48. The van der Waals surface area contributed by atoms with Crippen molar-refractivity contribution in [3.63, 3.8) is 0 Å². The van der Waals surface area contributed by atoms with Gasteiger partial charge in [-0.25, -0.2) is 4.79 Å². The van der Waals surface area contributed by atoms with Crippen LogP contribution in [-0.2, 0) is 0 Å². The van der Waals surface area contributed by atoms with E-state index in [2.05, 4.69) is 5.32 Å². The number of nitrogens with zero attached hydrogens (tertiary/aromatic N) is 1. The smallest absolute Gasteiger partial charge is 0.342 e. The number of anilines is 1. The van der Waals surface area contributed by atoms with Crippen molar-refractivity contribution in [2.45, 2.75) is 51.0 Å². The fourth-order valence-electron chi connectivity index (χ4n) is 2.79. The number of carboxylic acids is 1. The number of rotatable bonds is 4. The molecule has 2 N–H and O–H groups in total. The molecule has 0 spiro atoms. The van der Waals surface area contributed by atoms with E-state index in [1.165, 1.54) is 31.4 Å². The third kappa shape index (κ3) is 4.18. The molecule has 0 bridgehead atoms. The van der Waals surface area contributed by atoms with Crippen molar-refractivity contribution in [2.24, 2.45) is 0 Å². The number of nitrogens with one attached hydrogen (secondary N) is 1. The van der Waals surface area contributed by atoms with Gasteiger partial charge < -0.3 is 10.4 Å². The molecule has 0 heterocycles.